The van der Waals surface area contributed by atoms with Crippen LogP contribution in [0.1, 0.15) is 24.5 Å². The number of rotatable bonds is 2. The van der Waals surface area contributed by atoms with E-state index >= 15 is 0 Å². The Morgan fingerprint density at radius 1 is 1.27 bits per heavy atom. The highest BCUT2D eigenvalue weighted by molar-refractivity contribution is 7.89. The van der Waals surface area contributed by atoms with Gasteiger partial charge >= 0.3 is 6.18 Å². The third-order valence-corrected chi connectivity index (χ3v) is 5.18. The lowest BCUT2D eigenvalue weighted by Crippen LogP contribution is -2.31. The molecule has 1 aliphatic rings. The average molecular weight is 333 g/mol. The Balaban J connectivity index is 2.36. The zero-order valence-corrected chi connectivity index (χ0v) is 12.5. The summed E-state index contributed by atoms with van der Waals surface area (Å²) in [5.41, 5.74) is -0.930. The number of sulfonamides is 1. The van der Waals surface area contributed by atoms with Crippen molar-refractivity contribution in [2.45, 2.75) is 19.5 Å². The fourth-order valence-electron chi connectivity index (χ4n) is 2.30. The minimum atomic E-state index is -4.55. The van der Waals surface area contributed by atoms with Crippen LogP contribution in [0.3, 0.4) is 0 Å². The number of halogens is 3. The summed E-state index contributed by atoms with van der Waals surface area (Å²) in [7, 11) is -3.64. The first-order chi connectivity index (χ1) is 10.1. The monoisotopic (exact) mass is 333 g/mol. The Kier molecular flexibility index (Phi) is 4.32. The zero-order valence-electron chi connectivity index (χ0n) is 11.7. The van der Waals surface area contributed by atoms with Crippen LogP contribution in [0.15, 0.2) is 30.3 Å². The minimum Gasteiger partial charge on any atom is -0.269 e. The topological polar surface area (TPSA) is 54.5 Å². The van der Waals surface area contributed by atoms with Crippen molar-refractivity contribution in [2.24, 2.45) is 0 Å². The molecule has 0 spiro atoms. The van der Waals surface area contributed by atoms with Crippen molar-refractivity contribution in [3.8, 4) is 0 Å². The van der Waals surface area contributed by atoms with Gasteiger partial charge in [0, 0.05) is 12.6 Å². The summed E-state index contributed by atoms with van der Waals surface area (Å²) in [5.74, 6) is -0.933. The molecule has 0 unspecified atom stereocenters. The van der Waals surface area contributed by atoms with Crippen molar-refractivity contribution in [3.63, 3.8) is 0 Å². The molecule has 1 aromatic rings. The molecule has 0 aliphatic carbocycles. The second-order valence-electron chi connectivity index (χ2n) is 4.95. The molecule has 22 heavy (non-hydrogen) atoms. The molecule has 0 atom stereocenters. The second-order valence-corrected chi connectivity index (χ2v) is 6.96. The van der Waals surface area contributed by atoms with Crippen LogP contribution in [0.2, 0.25) is 0 Å². The molecule has 0 bridgehead atoms. The quantitative estimate of drug-likeness (QED) is 0.782. The molecule has 1 saturated heterocycles. The van der Waals surface area contributed by atoms with Crippen molar-refractivity contribution < 1.29 is 26.4 Å². The SMILES string of the molecule is C/C(=C\C(=O)N1CCCS1(=O)=O)c1ccccc1C(F)(F)F. The van der Waals surface area contributed by atoms with Crippen LogP contribution in [0.5, 0.6) is 0 Å². The number of carbonyl (C=O) groups is 1. The lowest BCUT2D eigenvalue weighted by molar-refractivity contribution is -0.137. The summed E-state index contributed by atoms with van der Waals surface area (Å²) in [6.45, 7) is 1.41. The van der Waals surface area contributed by atoms with Gasteiger partial charge in [-0.3, -0.25) is 4.79 Å². The van der Waals surface area contributed by atoms with Gasteiger partial charge in [-0.2, -0.15) is 13.2 Å². The van der Waals surface area contributed by atoms with Crippen LogP contribution in [-0.4, -0.2) is 30.9 Å². The van der Waals surface area contributed by atoms with Crippen molar-refractivity contribution >= 4 is 21.5 Å². The molecule has 0 aromatic heterocycles. The van der Waals surface area contributed by atoms with Crippen LogP contribution in [0.25, 0.3) is 5.57 Å². The number of allylic oxidation sites excluding steroid dienone is 1. The van der Waals surface area contributed by atoms with Gasteiger partial charge in [0.2, 0.25) is 10.0 Å². The van der Waals surface area contributed by atoms with E-state index in [1.165, 1.54) is 25.1 Å². The third-order valence-electron chi connectivity index (χ3n) is 3.34. The van der Waals surface area contributed by atoms with Gasteiger partial charge in [-0.25, -0.2) is 12.7 Å². The summed E-state index contributed by atoms with van der Waals surface area (Å²) in [5, 5.41) is 0. The van der Waals surface area contributed by atoms with Crippen LogP contribution in [0, 0.1) is 0 Å². The number of benzene rings is 1. The van der Waals surface area contributed by atoms with E-state index in [-0.39, 0.29) is 23.4 Å². The summed E-state index contributed by atoms with van der Waals surface area (Å²) < 4.78 is 62.8. The predicted octanol–water partition coefficient (Wildman–Crippen LogP) is 2.67. The number of hydrogen-bond donors (Lipinski definition) is 0. The van der Waals surface area contributed by atoms with Gasteiger partial charge in [0.15, 0.2) is 0 Å². The largest absolute Gasteiger partial charge is 0.416 e. The molecule has 1 heterocycles. The van der Waals surface area contributed by atoms with Gasteiger partial charge < -0.3 is 0 Å². The lowest BCUT2D eigenvalue weighted by Gasteiger charge is -2.15. The highest BCUT2D eigenvalue weighted by Crippen LogP contribution is 2.34. The van der Waals surface area contributed by atoms with Gasteiger partial charge in [0.25, 0.3) is 5.91 Å². The summed E-state index contributed by atoms with van der Waals surface area (Å²) >= 11 is 0. The van der Waals surface area contributed by atoms with Crippen molar-refractivity contribution in [2.75, 3.05) is 12.3 Å². The van der Waals surface area contributed by atoms with Crippen molar-refractivity contribution in [3.05, 3.63) is 41.5 Å². The molecule has 0 radical (unpaired) electrons. The molecule has 120 valence electrons. The Labute approximate surface area is 126 Å². The zero-order chi connectivity index (χ0) is 16.5. The Hall–Kier alpha value is -1.83. The highest BCUT2D eigenvalue weighted by atomic mass is 32.2. The second kappa shape index (κ2) is 5.75. The van der Waals surface area contributed by atoms with E-state index in [0.29, 0.717) is 10.7 Å². The standard InChI is InChI=1S/C14H14F3NO3S/c1-10(9-13(19)18-7-4-8-22(18,20)21)11-5-2-3-6-12(11)14(15,16)17/h2-3,5-6,9H,4,7-8H2,1H3/b10-9+. The van der Waals surface area contributed by atoms with E-state index in [4.69, 9.17) is 0 Å². The van der Waals surface area contributed by atoms with E-state index in [1.54, 1.807) is 0 Å². The van der Waals surface area contributed by atoms with Crippen LogP contribution in [0.4, 0.5) is 13.2 Å². The number of amides is 1. The predicted molar refractivity (Wildman–Crippen MR) is 75.2 cm³/mol. The first kappa shape index (κ1) is 16.5. The number of hydrogen-bond acceptors (Lipinski definition) is 3. The van der Waals surface area contributed by atoms with E-state index < -0.39 is 27.7 Å². The molecule has 1 fully saturated rings. The minimum absolute atomic E-state index is 0.0614. The summed E-state index contributed by atoms with van der Waals surface area (Å²) in [4.78, 5) is 12.0. The molecule has 1 aromatic carbocycles. The van der Waals surface area contributed by atoms with Gasteiger partial charge in [0.1, 0.15) is 0 Å². The van der Waals surface area contributed by atoms with Gasteiger partial charge in [-0.05, 0) is 30.5 Å². The number of nitrogens with zero attached hydrogens (tertiary/aromatic N) is 1. The van der Waals surface area contributed by atoms with Gasteiger partial charge in [-0.15, -0.1) is 0 Å². The first-order valence-electron chi connectivity index (χ1n) is 6.52. The normalized spacial score (nSPS) is 18.5. The maximum atomic E-state index is 13.0. The van der Waals surface area contributed by atoms with Crippen molar-refractivity contribution in [1.29, 1.82) is 0 Å². The van der Waals surface area contributed by atoms with Crippen LogP contribution in [-0.2, 0) is 21.0 Å². The van der Waals surface area contributed by atoms with Crippen LogP contribution >= 0.6 is 0 Å². The molecule has 4 nitrogen and oxygen atoms in total. The summed E-state index contributed by atoms with van der Waals surface area (Å²) in [6.07, 6.45) is -3.28. The smallest absolute Gasteiger partial charge is 0.269 e. The average Bonchev–Trinajstić information content (AvgIpc) is 2.77. The highest BCUT2D eigenvalue weighted by Gasteiger charge is 2.34. The number of carbonyl (C=O) groups excluding carboxylic acids is 1. The molecular formula is C14H14F3NO3S. The lowest BCUT2D eigenvalue weighted by atomic mass is 10.00. The Morgan fingerprint density at radius 2 is 1.91 bits per heavy atom. The Bertz CT molecular complexity index is 723. The van der Waals surface area contributed by atoms with E-state index in [0.717, 1.165) is 12.1 Å². The first-order valence-corrected chi connectivity index (χ1v) is 8.13. The summed E-state index contributed by atoms with van der Waals surface area (Å²) in [6, 6.07) is 4.86. The van der Waals surface area contributed by atoms with Crippen LogP contribution < -0.4 is 0 Å². The molecule has 2 rings (SSSR count). The Morgan fingerprint density at radius 3 is 2.45 bits per heavy atom. The molecule has 0 N–H and O–H groups in total. The van der Waals surface area contributed by atoms with E-state index in [9.17, 15) is 26.4 Å². The fourth-order valence-corrected chi connectivity index (χ4v) is 3.74. The third kappa shape index (κ3) is 3.32. The fraction of sp³-hybridized carbons (Fsp3) is 0.357. The van der Waals surface area contributed by atoms with E-state index in [2.05, 4.69) is 0 Å². The maximum absolute atomic E-state index is 13.0. The van der Waals surface area contributed by atoms with E-state index in [1.807, 2.05) is 0 Å². The molecule has 8 heteroatoms. The van der Waals surface area contributed by atoms with Crippen molar-refractivity contribution in [1.82, 2.24) is 4.31 Å². The molecular weight excluding hydrogens is 319 g/mol. The molecule has 1 aliphatic heterocycles. The maximum Gasteiger partial charge on any atom is 0.416 e. The van der Waals surface area contributed by atoms with Gasteiger partial charge in [-0.1, -0.05) is 18.2 Å². The molecule has 1 amide bonds. The number of alkyl halides is 3. The van der Waals surface area contributed by atoms with Gasteiger partial charge in [0.05, 0.1) is 11.3 Å². The molecule has 0 saturated carbocycles.